The van der Waals surface area contributed by atoms with E-state index in [0.717, 1.165) is 17.7 Å². The number of halogens is 2. The molecule has 0 aliphatic carbocycles. The molecular formula is C15H11F2NO2. The van der Waals surface area contributed by atoms with Crippen molar-refractivity contribution in [3.63, 3.8) is 0 Å². The van der Waals surface area contributed by atoms with Crippen LogP contribution in [0.3, 0.4) is 0 Å². The van der Waals surface area contributed by atoms with Crippen LogP contribution in [-0.4, -0.2) is 11.7 Å². The standard InChI is InChI=1S/C15H11F2NO2/c1-9-2-4-10(5-3-9)14(19)15(20)18-11-6-7-12(16)13(17)8-11/h2-8H,1H3,(H,18,20). The molecule has 1 N–H and O–H groups in total. The smallest absolute Gasteiger partial charge is 0.296 e. The fraction of sp³-hybridized carbons (Fsp3) is 0.0667. The molecule has 0 aromatic heterocycles. The molecule has 3 nitrogen and oxygen atoms in total. The van der Waals surface area contributed by atoms with E-state index >= 15 is 0 Å². The Morgan fingerprint density at radius 1 is 0.950 bits per heavy atom. The molecule has 0 saturated carbocycles. The number of hydrogen-bond donors (Lipinski definition) is 1. The highest BCUT2D eigenvalue weighted by molar-refractivity contribution is 6.46. The van der Waals surface area contributed by atoms with Crippen molar-refractivity contribution in [2.45, 2.75) is 6.92 Å². The summed E-state index contributed by atoms with van der Waals surface area (Å²) in [6, 6.07) is 9.34. The van der Waals surface area contributed by atoms with E-state index in [0.29, 0.717) is 0 Å². The number of Topliss-reactive ketones (excluding diaryl/α,β-unsaturated/α-hetero) is 1. The molecule has 102 valence electrons. The highest BCUT2D eigenvalue weighted by Gasteiger charge is 2.16. The number of carbonyl (C=O) groups is 2. The van der Waals surface area contributed by atoms with Crippen LogP contribution in [0.1, 0.15) is 15.9 Å². The van der Waals surface area contributed by atoms with E-state index in [1.165, 1.54) is 18.2 Å². The van der Waals surface area contributed by atoms with Crippen molar-refractivity contribution < 1.29 is 18.4 Å². The van der Waals surface area contributed by atoms with E-state index < -0.39 is 23.3 Å². The fourth-order valence-corrected chi connectivity index (χ4v) is 1.60. The zero-order chi connectivity index (χ0) is 14.7. The van der Waals surface area contributed by atoms with Gasteiger partial charge in [-0.25, -0.2) is 8.78 Å². The van der Waals surface area contributed by atoms with Crippen LogP contribution in [0.4, 0.5) is 14.5 Å². The lowest BCUT2D eigenvalue weighted by molar-refractivity contribution is -0.112. The highest BCUT2D eigenvalue weighted by Crippen LogP contribution is 2.13. The predicted molar refractivity (Wildman–Crippen MR) is 70.5 cm³/mol. The van der Waals surface area contributed by atoms with Gasteiger partial charge in [0, 0.05) is 17.3 Å². The summed E-state index contributed by atoms with van der Waals surface area (Å²) in [4.78, 5) is 23.5. The van der Waals surface area contributed by atoms with Crippen LogP contribution in [0.25, 0.3) is 0 Å². The van der Waals surface area contributed by atoms with Crippen molar-refractivity contribution in [3.05, 3.63) is 65.2 Å². The molecule has 0 heterocycles. The minimum Gasteiger partial charge on any atom is -0.319 e. The average molecular weight is 275 g/mol. The lowest BCUT2D eigenvalue weighted by Gasteiger charge is -2.05. The van der Waals surface area contributed by atoms with Crippen LogP contribution in [0.15, 0.2) is 42.5 Å². The SMILES string of the molecule is Cc1ccc(C(=O)C(=O)Nc2ccc(F)c(F)c2)cc1. The molecule has 2 aromatic carbocycles. The molecule has 1 amide bonds. The molecule has 0 saturated heterocycles. The maximum absolute atomic E-state index is 13.0. The van der Waals surface area contributed by atoms with Gasteiger partial charge in [0.15, 0.2) is 11.6 Å². The Kier molecular flexibility index (Phi) is 3.89. The number of aryl methyl sites for hydroxylation is 1. The number of benzene rings is 2. The van der Waals surface area contributed by atoms with Gasteiger partial charge in [-0.2, -0.15) is 0 Å². The van der Waals surface area contributed by atoms with Crippen LogP contribution in [0, 0.1) is 18.6 Å². The number of nitrogens with one attached hydrogen (secondary N) is 1. The van der Waals surface area contributed by atoms with Gasteiger partial charge in [-0.05, 0) is 19.1 Å². The van der Waals surface area contributed by atoms with Gasteiger partial charge < -0.3 is 5.32 Å². The van der Waals surface area contributed by atoms with E-state index in [2.05, 4.69) is 5.32 Å². The number of carbonyl (C=O) groups excluding carboxylic acids is 2. The van der Waals surface area contributed by atoms with Gasteiger partial charge in [-0.15, -0.1) is 0 Å². The van der Waals surface area contributed by atoms with Crippen LogP contribution in [0.2, 0.25) is 0 Å². The molecule has 0 unspecified atom stereocenters. The summed E-state index contributed by atoms with van der Waals surface area (Å²) in [5.41, 5.74) is 1.22. The molecular weight excluding hydrogens is 264 g/mol. The number of rotatable bonds is 3. The summed E-state index contributed by atoms with van der Waals surface area (Å²) in [6.07, 6.45) is 0. The second kappa shape index (κ2) is 5.61. The third-order valence-electron chi connectivity index (χ3n) is 2.70. The molecule has 20 heavy (non-hydrogen) atoms. The van der Waals surface area contributed by atoms with Gasteiger partial charge >= 0.3 is 0 Å². The first-order chi connectivity index (χ1) is 9.47. The zero-order valence-corrected chi connectivity index (χ0v) is 10.6. The van der Waals surface area contributed by atoms with Gasteiger partial charge in [-0.1, -0.05) is 29.8 Å². The first-order valence-corrected chi connectivity index (χ1v) is 5.85. The first kappa shape index (κ1) is 13.9. The third-order valence-corrected chi connectivity index (χ3v) is 2.70. The second-order valence-corrected chi connectivity index (χ2v) is 4.28. The molecule has 0 bridgehead atoms. The number of ketones is 1. The number of anilines is 1. The van der Waals surface area contributed by atoms with E-state index in [1.54, 1.807) is 12.1 Å². The number of hydrogen-bond acceptors (Lipinski definition) is 2. The quantitative estimate of drug-likeness (QED) is 0.691. The van der Waals surface area contributed by atoms with E-state index in [9.17, 15) is 18.4 Å². The van der Waals surface area contributed by atoms with Gasteiger partial charge in [-0.3, -0.25) is 9.59 Å². The third kappa shape index (κ3) is 3.06. The summed E-state index contributed by atoms with van der Waals surface area (Å²) in [5, 5.41) is 2.23. The van der Waals surface area contributed by atoms with E-state index in [1.807, 2.05) is 6.92 Å². The molecule has 2 rings (SSSR count). The largest absolute Gasteiger partial charge is 0.319 e. The lowest BCUT2D eigenvalue weighted by Crippen LogP contribution is -2.22. The Morgan fingerprint density at radius 3 is 2.20 bits per heavy atom. The van der Waals surface area contributed by atoms with E-state index in [-0.39, 0.29) is 11.3 Å². The van der Waals surface area contributed by atoms with Gasteiger partial charge in [0.25, 0.3) is 11.7 Å². The molecule has 0 aliphatic rings. The summed E-state index contributed by atoms with van der Waals surface area (Å²) in [6.45, 7) is 1.86. The molecule has 0 radical (unpaired) electrons. The summed E-state index contributed by atoms with van der Waals surface area (Å²) in [5.74, 6) is -3.76. The van der Waals surface area contributed by atoms with Gasteiger partial charge in [0.05, 0.1) is 0 Å². The molecule has 0 aliphatic heterocycles. The van der Waals surface area contributed by atoms with Crippen molar-refractivity contribution in [2.24, 2.45) is 0 Å². The fourth-order valence-electron chi connectivity index (χ4n) is 1.60. The van der Waals surface area contributed by atoms with Crippen molar-refractivity contribution in [1.82, 2.24) is 0 Å². The lowest BCUT2D eigenvalue weighted by atomic mass is 10.1. The number of amides is 1. The molecule has 2 aromatic rings. The summed E-state index contributed by atoms with van der Waals surface area (Å²) < 4.78 is 25.7. The van der Waals surface area contributed by atoms with Crippen molar-refractivity contribution >= 4 is 17.4 Å². The van der Waals surface area contributed by atoms with Crippen molar-refractivity contribution in [1.29, 1.82) is 0 Å². The average Bonchev–Trinajstić information content (AvgIpc) is 2.43. The van der Waals surface area contributed by atoms with Gasteiger partial charge in [0.2, 0.25) is 0 Å². The Labute approximate surface area is 114 Å². The van der Waals surface area contributed by atoms with Crippen LogP contribution < -0.4 is 5.32 Å². The van der Waals surface area contributed by atoms with Crippen molar-refractivity contribution in [2.75, 3.05) is 5.32 Å². The Hall–Kier alpha value is -2.56. The normalized spacial score (nSPS) is 10.2. The minimum absolute atomic E-state index is 0.0226. The van der Waals surface area contributed by atoms with Gasteiger partial charge in [0.1, 0.15) is 0 Å². The summed E-state index contributed by atoms with van der Waals surface area (Å²) in [7, 11) is 0. The molecule has 0 atom stereocenters. The highest BCUT2D eigenvalue weighted by atomic mass is 19.2. The maximum atomic E-state index is 13.0. The minimum atomic E-state index is -1.09. The summed E-state index contributed by atoms with van der Waals surface area (Å²) >= 11 is 0. The topological polar surface area (TPSA) is 46.2 Å². The molecule has 0 spiro atoms. The molecule has 5 heteroatoms. The second-order valence-electron chi connectivity index (χ2n) is 4.28. The molecule has 0 fully saturated rings. The zero-order valence-electron chi connectivity index (χ0n) is 10.6. The van der Waals surface area contributed by atoms with Crippen LogP contribution in [0.5, 0.6) is 0 Å². The Balaban J connectivity index is 2.13. The van der Waals surface area contributed by atoms with Crippen LogP contribution >= 0.6 is 0 Å². The monoisotopic (exact) mass is 275 g/mol. The van der Waals surface area contributed by atoms with E-state index in [4.69, 9.17) is 0 Å². The Bertz CT molecular complexity index is 666. The first-order valence-electron chi connectivity index (χ1n) is 5.85. The Morgan fingerprint density at radius 2 is 1.60 bits per heavy atom. The predicted octanol–water partition coefficient (Wildman–Crippen LogP) is 3.09. The van der Waals surface area contributed by atoms with Crippen molar-refractivity contribution in [3.8, 4) is 0 Å². The van der Waals surface area contributed by atoms with Crippen LogP contribution in [-0.2, 0) is 4.79 Å². The maximum Gasteiger partial charge on any atom is 0.296 e.